The molecule has 0 bridgehead atoms. The van der Waals surface area contributed by atoms with Crippen LogP contribution in [0.15, 0.2) is 18.2 Å². The molecule has 0 aliphatic carbocycles. The number of hydrogen-bond donors (Lipinski definition) is 2. The molecule has 1 aromatic carbocycles. The van der Waals surface area contributed by atoms with Crippen molar-refractivity contribution in [3.05, 3.63) is 18.2 Å². The maximum absolute atomic E-state index is 12.1. The van der Waals surface area contributed by atoms with Crippen LogP contribution >= 0.6 is 12.4 Å². The molecule has 1 fully saturated rings. The zero-order valence-corrected chi connectivity index (χ0v) is 12.9. The average molecular weight is 314 g/mol. The highest BCUT2D eigenvalue weighted by molar-refractivity contribution is 5.97. The Balaban J connectivity index is 0.00000220. The molecule has 1 unspecified atom stereocenters. The van der Waals surface area contributed by atoms with Crippen LogP contribution in [0.4, 0.5) is 11.4 Å². The SMILES string of the molecule is CCN1CC(C(=O)Nc2ccc(OC)c(N)c2)CC1=O.Cl. The monoisotopic (exact) mass is 313 g/mol. The Labute approximate surface area is 130 Å². The highest BCUT2D eigenvalue weighted by Gasteiger charge is 2.33. The number of hydrogen-bond acceptors (Lipinski definition) is 4. The van der Waals surface area contributed by atoms with Crippen LogP contribution in [0.5, 0.6) is 5.75 Å². The van der Waals surface area contributed by atoms with Crippen LogP contribution in [-0.2, 0) is 9.59 Å². The summed E-state index contributed by atoms with van der Waals surface area (Å²) in [5, 5.41) is 2.79. The Hall–Kier alpha value is -1.95. The van der Waals surface area contributed by atoms with E-state index in [4.69, 9.17) is 10.5 Å². The van der Waals surface area contributed by atoms with Crippen molar-refractivity contribution in [1.29, 1.82) is 0 Å². The molecule has 7 heteroatoms. The summed E-state index contributed by atoms with van der Waals surface area (Å²) >= 11 is 0. The van der Waals surface area contributed by atoms with E-state index in [2.05, 4.69) is 5.32 Å². The van der Waals surface area contributed by atoms with Gasteiger partial charge in [0.05, 0.1) is 18.7 Å². The van der Waals surface area contributed by atoms with Crippen molar-refractivity contribution < 1.29 is 14.3 Å². The van der Waals surface area contributed by atoms with Crippen molar-refractivity contribution in [2.24, 2.45) is 5.92 Å². The van der Waals surface area contributed by atoms with Crippen molar-refractivity contribution in [2.45, 2.75) is 13.3 Å². The lowest BCUT2D eigenvalue weighted by atomic mass is 10.1. The van der Waals surface area contributed by atoms with Gasteiger partial charge in [0.2, 0.25) is 11.8 Å². The minimum absolute atomic E-state index is 0. The van der Waals surface area contributed by atoms with Crippen LogP contribution in [0.1, 0.15) is 13.3 Å². The van der Waals surface area contributed by atoms with Gasteiger partial charge >= 0.3 is 0 Å². The number of likely N-dealkylation sites (tertiary alicyclic amines) is 1. The fourth-order valence-corrected chi connectivity index (χ4v) is 2.31. The van der Waals surface area contributed by atoms with E-state index >= 15 is 0 Å². The molecule has 1 aliphatic rings. The smallest absolute Gasteiger partial charge is 0.229 e. The maximum atomic E-state index is 12.1. The summed E-state index contributed by atoms with van der Waals surface area (Å²) in [5.41, 5.74) is 6.86. The molecule has 1 saturated heterocycles. The molecule has 0 aromatic heterocycles. The van der Waals surface area contributed by atoms with Crippen molar-refractivity contribution in [2.75, 3.05) is 31.2 Å². The van der Waals surface area contributed by atoms with Gasteiger partial charge in [-0.15, -0.1) is 12.4 Å². The number of benzene rings is 1. The highest BCUT2D eigenvalue weighted by Crippen LogP contribution is 2.26. The van der Waals surface area contributed by atoms with Gasteiger partial charge in [0.1, 0.15) is 5.75 Å². The number of rotatable bonds is 4. The lowest BCUT2D eigenvalue weighted by molar-refractivity contribution is -0.128. The van der Waals surface area contributed by atoms with Gasteiger partial charge in [0, 0.05) is 25.2 Å². The van der Waals surface area contributed by atoms with E-state index in [1.807, 2.05) is 6.92 Å². The van der Waals surface area contributed by atoms with Gasteiger partial charge in [-0.05, 0) is 25.1 Å². The van der Waals surface area contributed by atoms with E-state index in [1.165, 1.54) is 7.11 Å². The first-order valence-electron chi connectivity index (χ1n) is 6.57. The normalized spacial score (nSPS) is 17.3. The van der Waals surface area contributed by atoms with E-state index in [-0.39, 0.29) is 36.6 Å². The van der Waals surface area contributed by atoms with E-state index < -0.39 is 0 Å². The quantitative estimate of drug-likeness (QED) is 0.825. The average Bonchev–Trinajstić information content (AvgIpc) is 2.80. The molecule has 1 heterocycles. The minimum Gasteiger partial charge on any atom is -0.495 e. The third kappa shape index (κ3) is 3.78. The van der Waals surface area contributed by atoms with Gasteiger partial charge < -0.3 is 20.7 Å². The Kier molecular flexibility index (Phi) is 5.84. The zero-order chi connectivity index (χ0) is 14.7. The second kappa shape index (κ2) is 7.17. The van der Waals surface area contributed by atoms with Crippen molar-refractivity contribution in [1.82, 2.24) is 4.90 Å². The van der Waals surface area contributed by atoms with Crippen LogP contribution in [-0.4, -0.2) is 36.9 Å². The molecule has 2 amide bonds. The summed E-state index contributed by atoms with van der Waals surface area (Å²) in [5.74, 6) is 0.141. The molecule has 6 nitrogen and oxygen atoms in total. The number of carbonyl (C=O) groups is 2. The molecule has 1 aromatic rings. The van der Waals surface area contributed by atoms with E-state index in [1.54, 1.807) is 23.1 Å². The Morgan fingerprint density at radius 1 is 1.52 bits per heavy atom. The number of nitrogens with two attached hydrogens (primary N) is 1. The van der Waals surface area contributed by atoms with Crippen LogP contribution < -0.4 is 15.8 Å². The summed E-state index contributed by atoms with van der Waals surface area (Å²) in [4.78, 5) is 25.4. The summed E-state index contributed by atoms with van der Waals surface area (Å²) < 4.78 is 5.06. The van der Waals surface area contributed by atoms with Gasteiger partial charge in [0.25, 0.3) is 0 Å². The summed E-state index contributed by atoms with van der Waals surface area (Å²) in [6.07, 6.45) is 0.269. The number of methoxy groups -OCH3 is 1. The second-order valence-corrected chi connectivity index (χ2v) is 4.78. The van der Waals surface area contributed by atoms with Crippen LogP contribution in [0.25, 0.3) is 0 Å². The molecule has 0 radical (unpaired) electrons. The topological polar surface area (TPSA) is 84.7 Å². The number of ether oxygens (including phenoxy) is 1. The fraction of sp³-hybridized carbons (Fsp3) is 0.429. The molecule has 2 rings (SSSR count). The van der Waals surface area contributed by atoms with Gasteiger partial charge in [-0.3, -0.25) is 9.59 Å². The lowest BCUT2D eigenvalue weighted by Gasteiger charge is -2.14. The number of amides is 2. The highest BCUT2D eigenvalue weighted by atomic mass is 35.5. The molecule has 0 spiro atoms. The molecule has 1 aliphatic heterocycles. The molecule has 3 N–H and O–H groups in total. The molecule has 116 valence electrons. The Morgan fingerprint density at radius 3 is 2.76 bits per heavy atom. The van der Waals surface area contributed by atoms with Crippen molar-refractivity contribution in [3.8, 4) is 5.75 Å². The number of nitrogens with one attached hydrogen (secondary N) is 1. The minimum atomic E-state index is -0.300. The maximum Gasteiger partial charge on any atom is 0.229 e. The Morgan fingerprint density at radius 2 is 2.24 bits per heavy atom. The summed E-state index contributed by atoms with van der Waals surface area (Å²) in [6.45, 7) is 3.02. The number of halogens is 1. The standard InChI is InChI=1S/C14H19N3O3.ClH/c1-3-17-8-9(6-13(17)18)14(19)16-10-4-5-12(20-2)11(15)7-10;/h4-5,7,9H,3,6,8,15H2,1-2H3,(H,16,19);1H. The number of anilines is 2. The molecular formula is C14H20ClN3O3. The third-order valence-electron chi connectivity index (χ3n) is 3.46. The number of carbonyl (C=O) groups excluding carboxylic acids is 2. The van der Waals surface area contributed by atoms with Gasteiger partial charge in [-0.1, -0.05) is 0 Å². The van der Waals surface area contributed by atoms with E-state index in [9.17, 15) is 9.59 Å². The number of nitrogens with zero attached hydrogens (tertiary/aromatic N) is 1. The van der Waals surface area contributed by atoms with Crippen LogP contribution in [0.3, 0.4) is 0 Å². The van der Waals surface area contributed by atoms with E-state index in [0.29, 0.717) is 30.2 Å². The van der Waals surface area contributed by atoms with Gasteiger partial charge in [-0.25, -0.2) is 0 Å². The first kappa shape index (κ1) is 17.1. The Bertz CT molecular complexity index is 536. The van der Waals surface area contributed by atoms with E-state index in [0.717, 1.165) is 0 Å². The van der Waals surface area contributed by atoms with Crippen LogP contribution in [0.2, 0.25) is 0 Å². The second-order valence-electron chi connectivity index (χ2n) is 4.78. The molecule has 21 heavy (non-hydrogen) atoms. The fourth-order valence-electron chi connectivity index (χ4n) is 2.31. The molecular weight excluding hydrogens is 294 g/mol. The third-order valence-corrected chi connectivity index (χ3v) is 3.46. The molecule has 1 atom stereocenters. The first-order chi connectivity index (χ1) is 9.55. The van der Waals surface area contributed by atoms with Crippen molar-refractivity contribution >= 4 is 35.6 Å². The van der Waals surface area contributed by atoms with Crippen molar-refractivity contribution in [3.63, 3.8) is 0 Å². The number of nitrogen functional groups attached to an aromatic ring is 1. The first-order valence-corrected chi connectivity index (χ1v) is 6.57. The van der Waals surface area contributed by atoms with Gasteiger partial charge in [0.15, 0.2) is 0 Å². The zero-order valence-electron chi connectivity index (χ0n) is 12.1. The predicted molar refractivity (Wildman–Crippen MR) is 83.6 cm³/mol. The lowest BCUT2D eigenvalue weighted by Crippen LogP contribution is -2.28. The molecule has 0 saturated carbocycles. The van der Waals surface area contributed by atoms with Crippen LogP contribution in [0, 0.1) is 5.92 Å². The summed E-state index contributed by atoms with van der Waals surface area (Å²) in [7, 11) is 1.54. The largest absolute Gasteiger partial charge is 0.495 e. The van der Waals surface area contributed by atoms with Gasteiger partial charge in [-0.2, -0.15) is 0 Å². The summed E-state index contributed by atoms with van der Waals surface area (Å²) in [6, 6.07) is 5.07. The predicted octanol–water partition coefficient (Wildman–Crippen LogP) is 1.51.